The molecular formula is C11H17N3O2. The Balaban J connectivity index is 2.40. The largest absolute Gasteiger partial charge is 0.355 e. The number of hydrogen-bond donors (Lipinski definition) is 1. The molecule has 0 radical (unpaired) electrons. The second-order valence-corrected chi connectivity index (χ2v) is 4.08. The number of carbonyl (C=O) groups is 1. The SMILES string of the molecule is CC(C)CCNC(=O)Cn1cnccc1=O. The van der Waals surface area contributed by atoms with Gasteiger partial charge in [0.1, 0.15) is 6.54 Å². The minimum absolute atomic E-state index is 0.0325. The summed E-state index contributed by atoms with van der Waals surface area (Å²) >= 11 is 0. The fourth-order valence-electron chi connectivity index (χ4n) is 1.21. The molecule has 0 saturated carbocycles. The molecule has 0 fully saturated rings. The standard InChI is InChI=1S/C11H17N3O2/c1-9(2)3-6-13-10(15)7-14-8-12-5-4-11(14)16/h4-5,8-9H,3,6-7H2,1-2H3,(H,13,15). The molecule has 1 aromatic rings. The summed E-state index contributed by atoms with van der Waals surface area (Å²) in [4.78, 5) is 26.5. The van der Waals surface area contributed by atoms with Gasteiger partial charge in [-0.2, -0.15) is 0 Å². The van der Waals surface area contributed by atoms with Crippen LogP contribution in [0, 0.1) is 5.92 Å². The molecular weight excluding hydrogens is 206 g/mol. The third kappa shape index (κ3) is 4.25. The molecule has 1 rings (SSSR count). The van der Waals surface area contributed by atoms with E-state index in [0.29, 0.717) is 12.5 Å². The van der Waals surface area contributed by atoms with Crippen molar-refractivity contribution in [3.63, 3.8) is 0 Å². The molecule has 1 amide bonds. The van der Waals surface area contributed by atoms with Gasteiger partial charge in [0.15, 0.2) is 0 Å². The minimum Gasteiger partial charge on any atom is -0.355 e. The Hall–Kier alpha value is -1.65. The highest BCUT2D eigenvalue weighted by molar-refractivity contribution is 5.75. The van der Waals surface area contributed by atoms with Crippen LogP contribution in [0.15, 0.2) is 23.4 Å². The van der Waals surface area contributed by atoms with Crippen molar-refractivity contribution in [2.75, 3.05) is 6.54 Å². The van der Waals surface area contributed by atoms with Crippen LogP contribution in [0.2, 0.25) is 0 Å². The number of rotatable bonds is 5. The zero-order valence-electron chi connectivity index (χ0n) is 9.64. The predicted octanol–water partition coefficient (Wildman–Crippen LogP) is 0.406. The molecule has 0 bridgehead atoms. The van der Waals surface area contributed by atoms with E-state index < -0.39 is 0 Å². The topological polar surface area (TPSA) is 64.0 Å². The lowest BCUT2D eigenvalue weighted by Gasteiger charge is -2.07. The molecule has 0 atom stereocenters. The zero-order chi connectivity index (χ0) is 12.0. The summed E-state index contributed by atoms with van der Waals surface area (Å²) in [6.07, 6.45) is 3.72. The average molecular weight is 223 g/mol. The van der Waals surface area contributed by atoms with Gasteiger partial charge >= 0.3 is 0 Å². The number of nitrogens with one attached hydrogen (secondary N) is 1. The van der Waals surface area contributed by atoms with Crippen molar-refractivity contribution in [3.05, 3.63) is 28.9 Å². The Morgan fingerprint density at radius 3 is 2.94 bits per heavy atom. The maximum Gasteiger partial charge on any atom is 0.253 e. The Morgan fingerprint density at radius 2 is 2.31 bits per heavy atom. The summed E-state index contributed by atoms with van der Waals surface area (Å²) in [5.41, 5.74) is -0.214. The second-order valence-electron chi connectivity index (χ2n) is 4.08. The predicted molar refractivity (Wildman–Crippen MR) is 61.0 cm³/mol. The van der Waals surface area contributed by atoms with E-state index in [9.17, 15) is 9.59 Å². The van der Waals surface area contributed by atoms with Crippen molar-refractivity contribution < 1.29 is 4.79 Å². The van der Waals surface area contributed by atoms with Crippen LogP contribution in [0.25, 0.3) is 0 Å². The Morgan fingerprint density at radius 1 is 1.56 bits per heavy atom. The van der Waals surface area contributed by atoms with E-state index in [-0.39, 0.29) is 18.0 Å². The lowest BCUT2D eigenvalue weighted by atomic mass is 10.1. The molecule has 5 heteroatoms. The maximum absolute atomic E-state index is 11.4. The van der Waals surface area contributed by atoms with Gasteiger partial charge in [-0.05, 0) is 12.3 Å². The van der Waals surface area contributed by atoms with Crippen molar-refractivity contribution in [3.8, 4) is 0 Å². The Bertz CT molecular complexity index is 398. The minimum atomic E-state index is -0.214. The van der Waals surface area contributed by atoms with Gasteiger partial charge in [0.2, 0.25) is 5.91 Å². The fourth-order valence-corrected chi connectivity index (χ4v) is 1.21. The van der Waals surface area contributed by atoms with Gasteiger partial charge in [-0.3, -0.25) is 14.2 Å². The van der Waals surface area contributed by atoms with Crippen molar-refractivity contribution in [1.29, 1.82) is 0 Å². The van der Waals surface area contributed by atoms with Crippen LogP contribution < -0.4 is 10.9 Å². The summed E-state index contributed by atoms with van der Waals surface area (Å²) in [5, 5.41) is 2.76. The van der Waals surface area contributed by atoms with E-state index in [1.165, 1.54) is 23.2 Å². The molecule has 0 aromatic carbocycles. The molecule has 1 aromatic heterocycles. The molecule has 0 spiro atoms. The number of hydrogen-bond acceptors (Lipinski definition) is 3. The molecule has 0 unspecified atom stereocenters. The number of aromatic nitrogens is 2. The molecule has 16 heavy (non-hydrogen) atoms. The Labute approximate surface area is 94.5 Å². The lowest BCUT2D eigenvalue weighted by Crippen LogP contribution is -2.32. The summed E-state index contributed by atoms with van der Waals surface area (Å²) in [6, 6.07) is 1.33. The smallest absolute Gasteiger partial charge is 0.253 e. The van der Waals surface area contributed by atoms with Gasteiger partial charge in [0.05, 0.1) is 6.33 Å². The van der Waals surface area contributed by atoms with Crippen LogP contribution in [0.5, 0.6) is 0 Å². The summed E-state index contributed by atoms with van der Waals surface area (Å²) in [5.74, 6) is 0.400. The van der Waals surface area contributed by atoms with E-state index in [0.717, 1.165) is 6.42 Å². The molecule has 0 aliphatic heterocycles. The fraction of sp³-hybridized carbons (Fsp3) is 0.545. The van der Waals surface area contributed by atoms with Crippen LogP contribution in [0.4, 0.5) is 0 Å². The first-order valence-corrected chi connectivity index (χ1v) is 5.36. The molecule has 5 nitrogen and oxygen atoms in total. The third-order valence-electron chi connectivity index (χ3n) is 2.15. The molecule has 1 N–H and O–H groups in total. The van der Waals surface area contributed by atoms with Crippen molar-refractivity contribution in [2.24, 2.45) is 5.92 Å². The van der Waals surface area contributed by atoms with Crippen LogP contribution in [-0.2, 0) is 11.3 Å². The zero-order valence-corrected chi connectivity index (χ0v) is 9.64. The quantitative estimate of drug-likeness (QED) is 0.786. The first-order chi connectivity index (χ1) is 7.59. The summed E-state index contributed by atoms with van der Waals surface area (Å²) < 4.78 is 1.28. The first-order valence-electron chi connectivity index (χ1n) is 5.36. The van der Waals surface area contributed by atoms with Crippen molar-refractivity contribution in [2.45, 2.75) is 26.8 Å². The van der Waals surface area contributed by atoms with E-state index in [1.807, 2.05) is 0 Å². The Kier molecular flexibility index (Phi) is 4.69. The van der Waals surface area contributed by atoms with E-state index >= 15 is 0 Å². The number of amides is 1. The highest BCUT2D eigenvalue weighted by Crippen LogP contribution is 1.96. The van der Waals surface area contributed by atoms with Gasteiger partial charge in [0.25, 0.3) is 5.56 Å². The highest BCUT2D eigenvalue weighted by atomic mass is 16.2. The van der Waals surface area contributed by atoms with Gasteiger partial charge in [-0.1, -0.05) is 13.8 Å². The van der Waals surface area contributed by atoms with E-state index in [4.69, 9.17) is 0 Å². The van der Waals surface area contributed by atoms with Gasteiger partial charge in [0, 0.05) is 18.8 Å². The molecule has 88 valence electrons. The van der Waals surface area contributed by atoms with E-state index in [1.54, 1.807) is 0 Å². The molecule has 0 aliphatic rings. The normalized spacial score (nSPS) is 10.4. The van der Waals surface area contributed by atoms with Gasteiger partial charge in [-0.15, -0.1) is 0 Å². The molecule has 0 saturated heterocycles. The lowest BCUT2D eigenvalue weighted by molar-refractivity contribution is -0.121. The summed E-state index contributed by atoms with van der Waals surface area (Å²) in [7, 11) is 0. The van der Waals surface area contributed by atoms with Crippen LogP contribution in [0.3, 0.4) is 0 Å². The third-order valence-corrected chi connectivity index (χ3v) is 2.15. The van der Waals surface area contributed by atoms with Crippen LogP contribution >= 0.6 is 0 Å². The molecule has 1 heterocycles. The molecule has 0 aliphatic carbocycles. The highest BCUT2D eigenvalue weighted by Gasteiger charge is 2.03. The van der Waals surface area contributed by atoms with Crippen molar-refractivity contribution in [1.82, 2.24) is 14.9 Å². The van der Waals surface area contributed by atoms with Crippen LogP contribution in [0.1, 0.15) is 20.3 Å². The first kappa shape index (κ1) is 12.4. The van der Waals surface area contributed by atoms with Gasteiger partial charge in [-0.25, -0.2) is 4.98 Å². The number of nitrogens with zero attached hydrogens (tertiary/aromatic N) is 2. The monoisotopic (exact) mass is 223 g/mol. The van der Waals surface area contributed by atoms with Crippen molar-refractivity contribution >= 4 is 5.91 Å². The van der Waals surface area contributed by atoms with E-state index in [2.05, 4.69) is 24.1 Å². The second kappa shape index (κ2) is 6.05. The van der Waals surface area contributed by atoms with Crippen LogP contribution in [-0.4, -0.2) is 22.0 Å². The van der Waals surface area contributed by atoms with Gasteiger partial charge < -0.3 is 5.32 Å². The maximum atomic E-state index is 11.4. The average Bonchev–Trinajstić information content (AvgIpc) is 2.21. The number of carbonyl (C=O) groups excluding carboxylic acids is 1. The summed E-state index contributed by atoms with van der Waals surface area (Å²) in [6.45, 7) is 4.87.